The number of esters is 1. The third kappa shape index (κ3) is 5.37. The van der Waals surface area contributed by atoms with E-state index in [1.807, 2.05) is 11.8 Å². The highest BCUT2D eigenvalue weighted by Gasteiger charge is 2.30. The van der Waals surface area contributed by atoms with Gasteiger partial charge in [-0.2, -0.15) is 0 Å². The number of carbonyl (C=O) groups excluding carboxylic acids is 2. The molecule has 1 aromatic rings. The first-order valence-corrected chi connectivity index (χ1v) is 12.5. The molecule has 0 bridgehead atoms. The topological polar surface area (TPSA) is 66.0 Å². The van der Waals surface area contributed by atoms with Gasteiger partial charge < -0.3 is 14.5 Å². The Morgan fingerprint density at radius 3 is 2.34 bits per heavy atom. The number of aromatic nitrogens is 1. The van der Waals surface area contributed by atoms with Crippen molar-refractivity contribution in [2.24, 2.45) is 5.92 Å². The second-order valence-electron chi connectivity index (χ2n) is 9.16. The molecule has 1 amide bonds. The molecule has 0 spiro atoms. The van der Waals surface area contributed by atoms with E-state index in [-0.39, 0.29) is 17.8 Å². The Morgan fingerprint density at radius 1 is 1.03 bits per heavy atom. The van der Waals surface area contributed by atoms with Crippen molar-refractivity contribution < 1.29 is 14.3 Å². The van der Waals surface area contributed by atoms with E-state index >= 15 is 0 Å². The van der Waals surface area contributed by atoms with Crippen LogP contribution < -0.4 is 4.90 Å². The molecule has 0 radical (unpaired) electrons. The number of ether oxygens (including phenoxy) is 1. The molecule has 4 rings (SSSR count). The van der Waals surface area contributed by atoms with Crippen LogP contribution >= 0.6 is 11.6 Å². The van der Waals surface area contributed by atoms with E-state index in [0.29, 0.717) is 42.1 Å². The Kier molecular flexibility index (Phi) is 7.89. The first-order valence-electron chi connectivity index (χ1n) is 12.2. The zero-order chi connectivity index (χ0) is 22.5. The van der Waals surface area contributed by atoms with Crippen LogP contribution in [0.3, 0.4) is 0 Å². The summed E-state index contributed by atoms with van der Waals surface area (Å²) in [5.41, 5.74) is 0.547. The number of carbonyl (C=O) groups is 2. The van der Waals surface area contributed by atoms with Gasteiger partial charge in [0, 0.05) is 51.5 Å². The minimum Gasteiger partial charge on any atom is -0.466 e. The van der Waals surface area contributed by atoms with Crippen LogP contribution in [-0.4, -0.2) is 78.6 Å². The normalized spacial score (nSPS) is 21.6. The van der Waals surface area contributed by atoms with Crippen molar-refractivity contribution in [2.45, 2.75) is 57.9 Å². The average Bonchev–Trinajstić information content (AvgIpc) is 2.84. The summed E-state index contributed by atoms with van der Waals surface area (Å²) in [6.07, 6.45) is 9.72. The van der Waals surface area contributed by atoms with Crippen LogP contribution in [0.5, 0.6) is 0 Å². The van der Waals surface area contributed by atoms with Crippen molar-refractivity contribution in [3.63, 3.8) is 0 Å². The van der Waals surface area contributed by atoms with Gasteiger partial charge in [0.1, 0.15) is 5.82 Å². The van der Waals surface area contributed by atoms with E-state index in [4.69, 9.17) is 16.3 Å². The smallest absolute Gasteiger partial charge is 0.309 e. The zero-order valence-electron chi connectivity index (χ0n) is 19.1. The Balaban J connectivity index is 1.31. The monoisotopic (exact) mass is 462 g/mol. The maximum absolute atomic E-state index is 13.0. The first kappa shape index (κ1) is 23.3. The second kappa shape index (κ2) is 10.8. The first-order chi connectivity index (χ1) is 15.6. The number of nitrogens with zero attached hydrogens (tertiary/aromatic N) is 4. The van der Waals surface area contributed by atoms with Crippen molar-refractivity contribution in [1.82, 2.24) is 14.8 Å². The van der Waals surface area contributed by atoms with Crippen molar-refractivity contribution in [3.05, 3.63) is 22.8 Å². The molecular formula is C24H35ClN4O3. The second-order valence-corrected chi connectivity index (χ2v) is 9.57. The molecule has 0 unspecified atom stereocenters. The maximum Gasteiger partial charge on any atom is 0.309 e. The molecule has 2 saturated heterocycles. The number of pyridine rings is 1. The van der Waals surface area contributed by atoms with Crippen LogP contribution in [0.4, 0.5) is 5.82 Å². The molecule has 32 heavy (non-hydrogen) atoms. The molecule has 7 nitrogen and oxygen atoms in total. The van der Waals surface area contributed by atoms with E-state index in [2.05, 4.69) is 14.8 Å². The van der Waals surface area contributed by atoms with E-state index in [0.717, 1.165) is 39.0 Å². The van der Waals surface area contributed by atoms with Crippen LogP contribution in [0.25, 0.3) is 0 Å². The van der Waals surface area contributed by atoms with Gasteiger partial charge in [0.05, 0.1) is 23.1 Å². The van der Waals surface area contributed by atoms with Gasteiger partial charge in [0.15, 0.2) is 0 Å². The van der Waals surface area contributed by atoms with Crippen LogP contribution in [0, 0.1) is 5.92 Å². The number of anilines is 1. The largest absolute Gasteiger partial charge is 0.466 e. The van der Waals surface area contributed by atoms with Gasteiger partial charge in [-0.25, -0.2) is 4.98 Å². The highest BCUT2D eigenvalue weighted by molar-refractivity contribution is 6.33. The van der Waals surface area contributed by atoms with Gasteiger partial charge >= 0.3 is 5.97 Å². The predicted octanol–water partition coefficient (Wildman–Crippen LogP) is 3.61. The summed E-state index contributed by atoms with van der Waals surface area (Å²) in [7, 11) is 0. The number of rotatable bonds is 5. The molecule has 1 aromatic heterocycles. The van der Waals surface area contributed by atoms with Gasteiger partial charge in [0.2, 0.25) is 0 Å². The fourth-order valence-corrected chi connectivity index (χ4v) is 5.57. The summed E-state index contributed by atoms with van der Waals surface area (Å²) in [5, 5.41) is 0.492. The van der Waals surface area contributed by atoms with Gasteiger partial charge in [-0.05, 0) is 38.7 Å². The molecule has 3 aliphatic rings. The molecule has 176 valence electrons. The fourth-order valence-electron chi connectivity index (χ4n) is 5.29. The molecule has 3 fully saturated rings. The Morgan fingerprint density at radius 2 is 1.72 bits per heavy atom. The number of hydrogen-bond donors (Lipinski definition) is 0. The van der Waals surface area contributed by atoms with Crippen LogP contribution in [0.1, 0.15) is 62.2 Å². The van der Waals surface area contributed by atoms with Crippen LogP contribution in [0.2, 0.25) is 5.02 Å². The summed E-state index contributed by atoms with van der Waals surface area (Å²) < 4.78 is 5.14. The third-order valence-electron chi connectivity index (χ3n) is 7.18. The lowest BCUT2D eigenvalue weighted by molar-refractivity contribution is -0.148. The van der Waals surface area contributed by atoms with Gasteiger partial charge in [-0.15, -0.1) is 0 Å². The van der Waals surface area contributed by atoms with Crippen molar-refractivity contribution in [1.29, 1.82) is 0 Å². The number of piperidine rings is 1. The zero-order valence-corrected chi connectivity index (χ0v) is 19.9. The number of piperazine rings is 1. The van der Waals surface area contributed by atoms with Crippen molar-refractivity contribution in [3.8, 4) is 0 Å². The molecule has 8 heteroatoms. The highest BCUT2D eigenvalue weighted by atomic mass is 35.5. The van der Waals surface area contributed by atoms with E-state index in [9.17, 15) is 9.59 Å². The van der Waals surface area contributed by atoms with E-state index in [1.54, 1.807) is 12.3 Å². The van der Waals surface area contributed by atoms with E-state index in [1.165, 1.54) is 32.1 Å². The maximum atomic E-state index is 13.0. The number of halogens is 1. The molecule has 0 aromatic carbocycles. The van der Waals surface area contributed by atoms with Crippen molar-refractivity contribution in [2.75, 3.05) is 50.8 Å². The van der Waals surface area contributed by atoms with Gasteiger partial charge in [0.25, 0.3) is 5.91 Å². The lowest BCUT2D eigenvalue weighted by Crippen LogP contribution is -2.52. The van der Waals surface area contributed by atoms with Gasteiger partial charge in [-0.3, -0.25) is 14.5 Å². The summed E-state index contributed by atoms with van der Waals surface area (Å²) in [5.74, 6) is 0.525. The molecule has 1 saturated carbocycles. The van der Waals surface area contributed by atoms with Crippen molar-refractivity contribution >= 4 is 29.3 Å². The minimum absolute atomic E-state index is 0.00950. The number of hydrogen-bond acceptors (Lipinski definition) is 6. The van der Waals surface area contributed by atoms with Gasteiger partial charge in [-0.1, -0.05) is 30.9 Å². The molecule has 1 aliphatic carbocycles. The average molecular weight is 463 g/mol. The third-order valence-corrected chi connectivity index (χ3v) is 7.45. The standard InChI is InChI=1S/C24H35ClN4O3/c1-2-32-24(31)18-8-10-28(11-9-18)22-21(25)16-19(17-26-22)23(30)29-14-12-27(13-15-29)20-6-4-3-5-7-20/h16-18,20H,2-15H2,1H3. The molecular weight excluding hydrogens is 428 g/mol. The summed E-state index contributed by atoms with van der Waals surface area (Å²) in [6.45, 7) is 7.06. The quantitative estimate of drug-likeness (QED) is 0.623. The predicted molar refractivity (Wildman–Crippen MR) is 125 cm³/mol. The number of amides is 1. The summed E-state index contributed by atoms with van der Waals surface area (Å²) in [4.78, 5) is 36.1. The van der Waals surface area contributed by atoms with E-state index < -0.39 is 0 Å². The fraction of sp³-hybridized carbons (Fsp3) is 0.708. The Bertz CT molecular complexity index is 798. The summed E-state index contributed by atoms with van der Waals surface area (Å²) in [6, 6.07) is 2.45. The Labute approximate surface area is 196 Å². The lowest BCUT2D eigenvalue weighted by Gasteiger charge is -2.40. The molecule has 2 aliphatic heterocycles. The molecule has 0 atom stereocenters. The minimum atomic E-state index is -0.115. The Hall–Kier alpha value is -1.86. The lowest BCUT2D eigenvalue weighted by atomic mass is 9.94. The summed E-state index contributed by atoms with van der Waals surface area (Å²) >= 11 is 6.54. The van der Waals surface area contributed by atoms with Crippen LogP contribution in [-0.2, 0) is 9.53 Å². The molecule has 3 heterocycles. The SMILES string of the molecule is CCOC(=O)C1CCN(c2ncc(C(=O)N3CCN(C4CCCCC4)CC3)cc2Cl)CC1. The van der Waals surface area contributed by atoms with Crippen LogP contribution in [0.15, 0.2) is 12.3 Å². The molecule has 0 N–H and O–H groups in total. The highest BCUT2D eigenvalue weighted by Crippen LogP contribution is 2.29.